The summed E-state index contributed by atoms with van der Waals surface area (Å²) < 4.78 is 0.996. The molecule has 0 aliphatic carbocycles. The molecule has 1 aromatic carbocycles. The molecule has 1 heteroatoms. The van der Waals surface area contributed by atoms with Gasteiger partial charge in [-0.15, -0.1) is 0 Å². The Labute approximate surface area is 190 Å². The van der Waals surface area contributed by atoms with Gasteiger partial charge in [0.1, 0.15) is 5.54 Å². The van der Waals surface area contributed by atoms with Crippen molar-refractivity contribution < 1.29 is 4.48 Å². The summed E-state index contributed by atoms with van der Waals surface area (Å²) in [7, 11) is 7.04. The zero-order chi connectivity index (χ0) is 22.1. The third-order valence-corrected chi connectivity index (χ3v) is 7.39. The normalized spacial score (nSPS) is 14.0. The Morgan fingerprint density at radius 2 is 0.933 bits per heavy atom. The summed E-state index contributed by atoms with van der Waals surface area (Å²) in [5.41, 5.74) is 1.69. The topological polar surface area (TPSA) is 0 Å². The summed E-state index contributed by atoms with van der Waals surface area (Å²) in [5, 5.41) is 0. The number of rotatable bonds is 19. The van der Waals surface area contributed by atoms with Crippen LogP contribution in [0.5, 0.6) is 0 Å². The first-order valence-corrected chi connectivity index (χ1v) is 13.3. The molecule has 174 valence electrons. The van der Waals surface area contributed by atoms with E-state index in [-0.39, 0.29) is 5.54 Å². The van der Waals surface area contributed by atoms with Crippen LogP contribution >= 0.6 is 0 Å². The lowest BCUT2D eigenvalue weighted by Gasteiger charge is -2.44. The van der Waals surface area contributed by atoms with Crippen molar-refractivity contribution in [2.45, 2.75) is 129 Å². The molecule has 0 aliphatic heterocycles. The molecule has 30 heavy (non-hydrogen) atoms. The van der Waals surface area contributed by atoms with Gasteiger partial charge in [0.15, 0.2) is 0 Å². The monoisotopic (exact) mass is 416 g/mol. The van der Waals surface area contributed by atoms with Crippen LogP contribution < -0.4 is 0 Å². The van der Waals surface area contributed by atoms with E-state index in [0.717, 1.165) is 4.48 Å². The Bertz CT molecular complexity index is 501. The molecular formula is C29H54N+. The molecule has 0 aliphatic rings. The van der Waals surface area contributed by atoms with E-state index in [4.69, 9.17) is 0 Å². The Morgan fingerprint density at radius 3 is 1.30 bits per heavy atom. The maximum absolute atomic E-state index is 2.45. The van der Waals surface area contributed by atoms with E-state index in [0.29, 0.717) is 0 Å². The average Bonchev–Trinajstić information content (AvgIpc) is 2.73. The maximum Gasteiger partial charge on any atom is 0.121 e. The molecular weight excluding hydrogens is 362 g/mol. The second-order valence-electron chi connectivity index (χ2n) is 10.7. The highest BCUT2D eigenvalue weighted by atomic mass is 15.3. The van der Waals surface area contributed by atoms with Gasteiger partial charge >= 0.3 is 0 Å². The minimum Gasteiger partial charge on any atom is -0.323 e. The van der Waals surface area contributed by atoms with Crippen LogP contribution in [0.2, 0.25) is 0 Å². The molecule has 0 saturated heterocycles. The van der Waals surface area contributed by atoms with Crippen LogP contribution in [-0.4, -0.2) is 25.6 Å². The minimum atomic E-state index is 0.206. The molecule has 0 bridgehead atoms. The van der Waals surface area contributed by atoms with Crippen molar-refractivity contribution >= 4 is 0 Å². The molecule has 1 nitrogen and oxygen atoms in total. The van der Waals surface area contributed by atoms with Crippen molar-refractivity contribution in [3.63, 3.8) is 0 Å². The van der Waals surface area contributed by atoms with Crippen LogP contribution in [-0.2, 0) is 5.54 Å². The zero-order valence-electron chi connectivity index (χ0n) is 21.4. The first-order valence-electron chi connectivity index (χ1n) is 13.3. The van der Waals surface area contributed by atoms with Crippen molar-refractivity contribution in [2.24, 2.45) is 0 Å². The number of benzene rings is 1. The van der Waals surface area contributed by atoms with Crippen molar-refractivity contribution in [3.8, 4) is 0 Å². The molecule has 1 rings (SSSR count). The summed E-state index contributed by atoms with van der Waals surface area (Å²) in [4.78, 5) is 0. The molecule has 0 amide bonds. The van der Waals surface area contributed by atoms with Gasteiger partial charge in [0.05, 0.1) is 21.1 Å². The molecule has 1 unspecified atom stereocenters. The lowest BCUT2D eigenvalue weighted by molar-refractivity contribution is -0.930. The van der Waals surface area contributed by atoms with Crippen molar-refractivity contribution in [1.82, 2.24) is 0 Å². The molecule has 0 heterocycles. The quantitative estimate of drug-likeness (QED) is 0.156. The highest BCUT2D eigenvalue weighted by molar-refractivity contribution is 5.21. The van der Waals surface area contributed by atoms with Crippen LogP contribution in [0.15, 0.2) is 30.3 Å². The largest absolute Gasteiger partial charge is 0.323 e. The molecule has 0 fully saturated rings. The van der Waals surface area contributed by atoms with Gasteiger partial charge in [-0.1, -0.05) is 134 Å². The van der Waals surface area contributed by atoms with Crippen LogP contribution in [0.1, 0.15) is 129 Å². The maximum atomic E-state index is 2.45. The Balaban J connectivity index is 2.02. The molecule has 0 N–H and O–H groups in total. The van der Waals surface area contributed by atoms with Crippen LogP contribution in [0.25, 0.3) is 0 Å². The van der Waals surface area contributed by atoms with E-state index in [2.05, 4.69) is 65.3 Å². The van der Waals surface area contributed by atoms with Gasteiger partial charge in [-0.3, -0.25) is 0 Å². The van der Waals surface area contributed by atoms with E-state index in [1.54, 1.807) is 0 Å². The summed E-state index contributed by atoms with van der Waals surface area (Å²) in [5.74, 6) is 0. The van der Waals surface area contributed by atoms with Crippen molar-refractivity contribution in [2.75, 3.05) is 21.1 Å². The fourth-order valence-electron chi connectivity index (χ4n) is 4.68. The van der Waals surface area contributed by atoms with E-state index < -0.39 is 0 Å². The summed E-state index contributed by atoms with van der Waals surface area (Å²) in [6, 6.07) is 11.1. The standard InChI is InChI=1S/C29H54N/c1-6-7-8-9-10-11-12-13-14-15-16-17-18-19-20-24-27-29(2,30(3,4)5)28-25-22-21-23-26-28/h21-23,25-26H,6-20,24,27H2,1-5H3/q+1. The molecule has 0 radical (unpaired) electrons. The van der Waals surface area contributed by atoms with Crippen molar-refractivity contribution in [1.29, 1.82) is 0 Å². The summed E-state index contributed by atoms with van der Waals surface area (Å²) in [6.45, 7) is 4.75. The fourth-order valence-corrected chi connectivity index (χ4v) is 4.68. The Hall–Kier alpha value is -0.820. The lowest BCUT2D eigenvalue weighted by atomic mass is 9.83. The van der Waals surface area contributed by atoms with Gasteiger partial charge in [-0.2, -0.15) is 0 Å². The number of nitrogens with zero attached hydrogens (tertiary/aromatic N) is 1. The first-order chi connectivity index (χ1) is 14.4. The fraction of sp³-hybridized carbons (Fsp3) is 0.793. The van der Waals surface area contributed by atoms with Crippen molar-refractivity contribution in [3.05, 3.63) is 35.9 Å². The van der Waals surface area contributed by atoms with Gasteiger partial charge in [-0.05, 0) is 13.3 Å². The van der Waals surface area contributed by atoms with E-state index >= 15 is 0 Å². The molecule has 0 aromatic heterocycles. The third kappa shape index (κ3) is 11.0. The minimum absolute atomic E-state index is 0.206. The van der Waals surface area contributed by atoms with Gasteiger partial charge in [0.25, 0.3) is 0 Å². The predicted molar refractivity (Wildman–Crippen MR) is 136 cm³/mol. The SMILES string of the molecule is CCCCCCCCCCCCCCCCCCC(C)(c1ccccc1)[N+](C)(C)C. The second kappa shape index (κ2) is 15.9. The first kappa shape index (κ1) is 27.2. The van der Waals surface area contributed by atoms with Gasteiger partial charge in [0, 0.05) is 12.0 Å². The Kier molecular flexibility index (Phi) is 14.4. The second-order valence-corrected chi connectivity index (χ2v) is 10.7. The number of quaternary nitrogens is 1. The third-order valence-electron chi connectivity index (χ3n) is 7.39. The number of hydrogen-bond donors (Lipinski definition) is 0. The lowest BCUT2D eigenvalue weighted by Crippen LogP contribution is -2.52. The Morgan fingerprint density at radius 1 is 0.567 bits per heavy atom. The van der Waals surface area contributed by atoms with Crippen LogP contribution in [0.3, 0.4) is 0 Å². The van der Waals surface area contributed by atoms with E-state index in [1.165, 1.54) is 115 Å². The summed E-state index contributed by atoms with van der Waals surface area (Å²) in [6.07, 6.45) is 24.3. The highest BCUT2D eigenvalue weighted by Gasteiger charge is 2.38. The molecule has 1 atom stereocenters. The smallest absolute Gasteiger partial charge is 0.121 e. The zero-order valence-corrected chi connectivity index (χ0v) is 21.4. The van der Waals surface area contributed by atoms with Gasteiger partial charge in [-0.25, -0.2) is 0 Å². The number of hydrogen-bond acceptors (Lipinski definition) is 0. The molecule has 0 saturated carbocycles. The number of unbranched alkanes of at least 4 members (excludes halogenated alkanes) is 15. The molecule has 0 spiro atoms. The summed E-state index contributed by atoms with van der Waals surface area (Å²) >= 11 is 0. The van der Waals surface area contributed by atoms with Gasteiger partial charge < -0.3 is 4.48 Å². The van der Waals surface area contributed by atoms with Crippen LogP contribution in [0.4, 0.5) is 0 Å². The van der Waals surface area contributed by atoms with E-state index in [1.807, 2.05) is 0 Å². The van der Waals surface area contributed by atoms with Crippen LogP contribution in [0, 0.1) is 0 Å². The molecule has 1 aromatic rings. The van der Waals surface area contributed by atoms with E-state index in [9.17, 15) is 0 Å². The average molecular weight is 417 g/mol. The van der Waals surface area contributed by atoms with Gasteiger partial charge in [0.2, 0.25) is 0 Å². The predicted octanol–water partition coefficient (Wildman–Crippen LogP) is 9.26. The highest BCUT2D eigenvalue weighted by Crippen LogP contribution is 2.36.